The van der Waals surface area contributed by atoms with Crippen LogP contribution in [0.1, 0.15) is 58.3 Å². The predicted octanol–water partition coefficient (Wildman–Crippen LogP) is 5.70. The lowest BCUT2D eigenvalue weighted by Gasteiger charge is -2.30. The van der Waals surface area contributed by atoms with Crippen LogP contribution in [0.15, 0.2) is 36.4 Å². The highest BCUT2D eigenvalue weighted by Crippen LogP contribution is 2.35. The van der Waals surface area contributed by atoms with E-state index >= 15 is 0 Å². The normalized spacial score (nSPS) is 16.7. The number of nitrogens with one attached hydrogen (secondary N) is 1. The van der Waals surface area contributed by atoms with Crippen molar-refractivity contribution in [2.24, 2.45) is 0 Å². The third-order valence-corrected chi connectivity index (χ3v) is 5.60. The minimum absolute atomic E-state index is 0.0308. The zero-order valence-electron chi connectivity index (χ0n) is 16.6. The Bertz CT molecular complexity index is 763. The zero-order valence-corrected chi connectivity index (χ0v) is 16.6. The number of carbonyl (C=O) groups is 1. The molecule has 4 heteroatoms. The first kappa shape index (κ1) is 19.7. The fourth-order valence-corrected chi connectivity index (χ4v) is 3.89. The summed E-state index contributed by atoms with van der Waals surface area (Å²) >= 11 is 0. The predicted molar refractivity (Wildman–Crippen MR) is 110 cm³/mol. The third-order valence-electron chi connectivity index (χ3n) is 5.60. The number of unbranched alkanes of at least 4 members (excludes halogenated alkanes) is 1. The van der Waals surface area contributed by atoms with Crippen LogP contribution in [0.3, 0.4) is 0 Å². The van der Waals surface area contributed by atoms with Crippen molar-refractivity contribution in [1.82, 2.24) is 0 Å². The molecule has 146 valence electrons. The van der Waals surface area contributed by atoms with Crippen molar-refractivity contribution in [3.05, 3.63) is 36.4 Å². The summed E-state index contributed by atoms with van der Waals surface area (Å²) in [6, 6.07) is 12.0. The van der Waals surface area contributed by atoms with E-state index in [9.17, 15) is 4.79 Å². The van der Waals surface area contributed by atoms with Gasteiger partial charge in [-0.1, -0.05) is 63.3 Å². The van der Waals surface area contributed by atoms with Crippen LogP contribution >= 0.6 is 0 Å². The highest BCUT2D eigenvalue weighted by molar-refractivity contribution is 6.06. The summed E-state index contributed by atoms with van der Waals surface area (Å²) < 4.78 is 11.7. The Labute approximate surface area is 162 Å². The molecule has 0 saturated heterocycles. The molecule has 2 aromatic rings. The molecule has 1 aliphatic carbocycles. The first-order valence-corrected chi connectivity index (χ1v) is 10.2. The molecule has 4 nitrogen and oxygen atoms in total. The summed E-state index contributed by atoms with van der Waals surface area (Å²) in [5, 5.41) is 5.18. The van der Waals surface area contributed by atoms with E-state index in [2.05, 4.69) is 12.2 Å². The number of benzene rings is 2. The topological polar surface area (TPSA) is 47.6 Å². The summed E-state index contributed by atoms with van der Waals surface area (Å²) in [7, 11) is 1.66. The van der Waals surface area contributed by atoms with Gasteiger partial charge in [-0.25, -0.2) is 0 Å². The zero-order chi connectivity index (χ0) is 19.1. The van der Waals surface area contributed by atoms with E-state index in [4.69, 9.17) is 9.47 Å². The van der Waals surface area contributed by atoms with Gasteiger partial charge in [-0.15, -0.1) is 0 Å². The third kappa shape index (κ3) is 4.44. The van der Waals surface area contributed by atoms with Gasteiger partial charge in [0, 0.05) is 23.6 Å². The van der Waals surface area contributed by atoms with Crippen molar-refractivity contribution >= 4 is 22.4 Å². The molecule has 3 rings (SSSR count). The number of hydrogen-bond donors (Lipinski definition) is 1. The van der Waals surface area contributed by atoms with E-state index in [1.165, 1.54) is 12.8 Å². The minimum Gasteiger partial charge on any atom is -0.493 e. The molecule has 0 heterocycles. The second kappa shape index (κ2) is 9.23. The Morgan fingerprint density at radius 2 is 1.74 bits per heavy atom. The number of carbonyl (C=O) groups excluding carboxylic acids is 1. The van der Waals surface area contributed by atoms with E-state index in [1.807, 2.05) is 36.4 Å². The number of amides is 1. The van der Waals surface area contributed by atoms with E-state index in [1.54, 1.807) is 7.11 Å². The lowest BCUT2D eigenvalue weighted by Crippen LogP contribution is -2.44. The first-order valence-electron chi connectivity index (χ1n) is 10.2. The van der Waals surface area contributed by atoms with Gasteiger partial charge < -0.3 is 14.8 Å². The van der Waals surface area contributed by atoms with Crippen LogP contribution in [0.2, 0.25) is 0 Å². The molecule has 2 aromatic carbocycles. The fraction of sp³-hybridized carbons (Fsp3) is 0.522. The monoisotopic (exact) mass is 369 g/mol. The Morgan fingerprint density at radius 3 is 2.41 bits per heavy atom. The molecular formula is C23H31NO3. The summed E-state index contributed by atoms with van der Waals surface area (Å²) in [5.74, 6) is 0.838. The van der Waals surface area contributed by atoms with E-state index in [0.29, 0.717) is 6.61 Å². The summed E-state index contributed by atoms with van der Waals surface area (Å²) in [6.45, 7) is 2.86. The molecular weight excluding hydrogens is 338 g/mol. The number of rotatable bonds is 7. The van der Waals surface area contributed by atoms with E-state index in [0.717, 1.165) is 60.7 Å². The Morgan fingerprint density at radius 1 is 1.04 bits per heavy atom. The molecule has 1 aliphatic rings. The van der Waals surface area contributed by atoms with Crippen molar-refractivity contribution in [3.8, 4) is 5.75 Å². The number of fused-ring (bicyclic) bond motifs is 1. The van der Waals surface area contributed by atoms with Gasteiger partial charge in [0.2, 0.25) is 0 Å². The van der Waals surface area contributed by atoms with Crippen LogP contribution in [-0.4, -0.2) is 25.2 Å². The lowest BCUT2D eigenvalue weighted by atomic mass is 9.92. The summed E-state index contributed by atoms with van der Waals surface area (Å²) in [4.78, 5) is 13.1. The molecule has 0 bridgehead atoms. The standard InChI is InChI=1S/C23H31NO3/c1-3-4-17-27-21-14-13-20(18-11-7-8-12-19(18)21)24-22(25)23(26-2)15-9-5-6-10-16-23/h7-8,11-14H,3-6,9-10,15-17H2,1-2H3,(H,24,25). The SMILES string of the molecule is CCCCOc1ccc(NC(=O)C2(OC)CCCCCC2)c2ccccc12. The highest BCUT2D eigenvalue weighted by Gasteiger charge is 2.38. The van der Waals surface area contributed by atoms with Crippen LogP contribution in [-0.2, 0) is 9.53 Å². The Hall–Kier alpha value is -2.07. The molecule has 1 amide bonds. The molecule has 0 spiro atoms. The molecule has 1 N–H and O–H groups in total. The van der Waals surface area contributed by atoms with Crippen LogP contribution in [0.5, 0.6) is 5.75 Å². The van der Waals surface area contributed by atoms with E-state index in [-0.39, 0.29) is 5.91 Å². The molecule has 27 heavy (non-hydrogen) atoms. The van der Waals surface area contributed by atoms with Crippen LogP contribution in [0.25, 0.3) is 10.8 Å². The van der Waals surface area contributed by atoms with Gasteiger partial charge >= 0.3 is 0 Å². The van der Waals surface area contributed by atoms with Crippen molar-refractivity contribution in [2.45, 2.75) is 63.9 Å². The molecule has 0 radical (unpaired) electrons. The first-order chi connectivity index (χ1) is 13.2. The second-order valence-electron chi connectivity index (χ2n) is 7.43. The fourth-order valence-electron chi connectivity index (χ4n) is 3.89. The average molecular weight is 370 g/mol. The number of anilines is 1. The van der Waals surface area contributed by atoms with Gasteiger partial charge in [0.25, 0.3) is 5.91 Å². The second-order valence-corrected chi connectivity index (χ2v) is 7.43. The summed E-state index contributed by atoms with van der Waals surface area (Å²) in [5.41, 5.74) is 0.104. The van der Waals surface area contributed by atoms with Crippen molar-refractivity contribution < 1.29 is 14.3 Å². The lowest BCUT2D eigenvalue weighted by molar-refractivity contribution is -0.139. The maximum Gasteiger partial charge on any atom is 0.256 e. The maximum atomic E-state index is 13.1. The van der Waals surface area contributed by atoms with Crippen molar-refractivity contribution in [3.63, 3.8) is 0 Å². The molecule has 0 atom stereocenters. The van der Waals surface area contributed by atoms with Crippen LogP contribution in [0.4, 0.5) is 5.69 Å². The molecule has 0 aromatic heterocycles. The highest BCUT2D eigenvalue weighted by atomic mass is 16.5. The minimum atomic E-state index is -0.714. The van der Waals surface area contributed by atoms with Crippen LogP contribution in [0, 0.1) is 0 Å². The van der Waals surface area contributed by atoms with Gasteiger partial charge in [0.15, 0.2) is 0 Å². The van der Waals surface area contributed by atoms with Crippen molar-refractivity contribution in [2.75, 3.05) is 19.0 Å². The van der Waals surface area contributed by atoms with E-state index < -0.39 is 5.60 Å². The Balaban J connectivity index is 1.86. The summed E-state index contributed by atoms with van der Waals surface area (Å²) in [6.07, 6.45) is 8.11. The van der Waals surface area contributed by atoms with Gasteiger partial charge in [-0.05, 0) is 31.4 Å². The number of hydrogen-bond acceptors (Lipinski definition) is 3. The van der Waals surface area contributed by atoms with Crippen LogP contribution < -0.4 is 10.1 Å². The Kier molecular flexibility index (Phi) is 6.73. The smallest absolute Gasteiger partial charge is 0.256 e. The number of methoxy groups -OCH3 is 1. The average Bonchev–Trinajstić information content (AvgIpc) is 2.96. The molecule has 0 unspecified atom stereocenters. The molecule has 1 fully saturated rings. The van der Waals surface area contributed by atoms with Gasteiger partial charge in [0.1, 0.15) is 11.4 Å². The van der Waals surface area contributed by atoms with Gasteiger partial charge in [-0.2, -0.15) is 0 Å². The largest absolute Gasteiger partial charge is 0.493 e. The number of ether oxygens (including phenoxy) is 2. The molecule has 0 aliphatic heterocycles. The van der Waals surface area contributed by atoms with Gasteiger partial charge in [-0.3, -0.25) is 4.79 Å². The quantitative estimate of drug-likeness (QED) is 0.503. The maximum absolute atomic E-state index is 13.1. The molecule has 1 saturated carbocycles. The van der Waals surface area contributed by atoms with Gasteiger partial charge in [0.05, 0.1) is 6.61 Å². The van der Waals surface area contributed by atoms with Crippen molar-refractivity contribution in [1.29, 1.82) is 0 Å².